The Kier molecular flexibility index (Phi) is 6.16. The monoisotopic (exact) mass is 225 g/mol. The van der Waals surface area contributed by atoms with Gasteiger partial charge in [0.25, 0.3) is 0 Å². The Balaban J connectivity index is 2.13. The third-order valence-corrected chi connectivity index (χ3v) is 3.15. The topological polar surface area (TPSA) is 38.3 Å². The molecule has 0 aromatic heterocycles. The second kappa shape index (κ2) is 7.44. The van der Waals surface area contributed by atoms with E-state index < -0.39 is 0 Å². The molecule has 3 nitrogen and oxygen atoms in total. The maximum atomic E-state index is 11.1. The van der Waals surface area contributed by atoms with Crippen LogP contribution in [0.3, 0.4) is 0 Å². The molecule has 1 aliphatic carbocycles. The van der Waals surface area contributed by atoms with Crippen molar-refractivity contribution in [1.82, 2.24) is 5.32 Å². The van der Waals surface area contributed by atoms with Crippen molar-refractivity contribution in [2.75, 3.05) is 13.7 Å². The molecule has 1 aliphatic rings. The quantitative estimate of drug-likeness (QED) is 0.576. The van der Waals surface area contributed by atoms with Crippen molar-refractivity contribution in [3.8, 4) is 0 Å². The third kappa shape index (κ3) is 4.79. The zero-order valence-electron chi connectivity index (χ0n) is 10.4. The summed E-state index contributed by atoms with van der Waals surface area (Å²) in [5.41, 5.74) is 0. The first-order valence-corrected chi connectivity index (χ1v) is 6.22. The van der Waals surface area contributed by atoms with E-state index in [0.717, 1.165) is 12.5 Å². The van der Waals surface area contributed by atoms with Crippen molar-refractivity contribution in [2.45, 2.75) is 45.1 Å². The Morgan fingerprint density at radius 3 is 2.75 bits per heavy atom. The molecule has 1 fully saturated rings. The summed E-state index contributed by atoms with van der Waals surface area (Å²) in [6, 6.07) is -0.221. The minimum Gasteiger partial charge on any atom is -0.468 e. The predicted molar refractivity (Wildman–Crippen MR) is 65.2 cm³/mol. The van der Waals surface area contributed by atoms with E-state index in [1.165, 1.54) is 39.2 Å². The molecule has 0 amide bonds. The molecule has 0 saturated heterocycles. The van der Waals surface area contributed by atoms with Gasteiger partial charge in [-0.25, -0.2) is 0 Å². The molecule has 3 heteroatoms. The Bertz CT molecular complexity index is 232. The number of esters is 1. The Labute approximate surface area is 98.2 Å². The van der Waals surface area contributed by atoms with Gasteiger partial charge in [-0.2, -0.15) is 0 Å². The highest BCUT2D eigenvalue weighted by atomic mass is 16.5. The number of hydrogen-bond donors (Lipinski definition) is 1. The van der Waals surface area contributed by atoms with Crippen LogP contribution >= 0.6 is 0 Å². The zero-order chi connectivity index (χ0) is 11.8. The summed E-state index contributed by atoms with van der Waals surface area (Å²) in [6.07, 6.45) is 11.2. The lowest BCUT2D eigenvalue weighted by Crippen LogP contribution is -2.34. The molecule has 92 valence electrons. The van der Waals surface area contributed by atoms with Crippen LogP contribution in [0.4, 0.5) is 0 Å². The molecule has 1 rings (SSSR count). The van der Waals surface area contributed by atoms with Gasteiger partial charge in [0.15, 0.2) is 0 Å². The third-order valence-electron chi connectivity index (χ3n) is 3.15. The number of methoxy groups -OCH3 is 1. The van der Waals surface area contributed by atoms with Crippen molar-refractivity contribution in [2.24, 2.45) is 5.92 Å². The van der Waals surface area contributed by atoms with Gasteiger partial charge < -0.3 is 10.1 Å². The van der Waals surface area contributed by atoms with Crippen LogP contribution in [-0.4, -0.2) is 25.7 Å². The predicted octanol–water partition coefficient (Wildman–Crippen LogP) is 2.27. The largest absolute Gasteiger partial charge is 0.468 e. The van der Waals surface area contributed by atoms with Gasteiger partial charge >= 0.3 is 5.97 Å². The highest BCUT2D eigenvalue weighted by Gasteiger charge is 2.11. The molecular formula is C13H23NO2. The van der Waals surface area contributed by atoms with Crippen molar-refractivity contribution >= 4 is 5.97 Å². The minimum atomic E-state index is -0.221. The van der Waals surface area contributed by atoms with Gasteiger partial charge in [-0.05, 0) is 25.7 Å². The number of hydrogen-bond acceptors (Lipinski definition) is 3. The molecule has 0 aromatic carbocycles. The van der Waals surface area contributed by atoms with E-state index in [-0.39, 0.29) is 12.0 Å². The van der Waals surface area contributed by atoms with Gasteiger partial charge in [0, 0.05) is 6.54 Å². The summed E-state index contributed by atoms with van der Waals surface area (Å²) in [5.74, 6) is 0.551. The second-order valence-electron chi connectivity index (χ2n) is 4.48. The van der Waals surface area contributed by atoms with Crippen LogP contribution in [0.5, 0.6) is 0 Å². The molecule has 0 radical (unpaired) electrons. The standard InChI is InChI=1S/C13H23NO2/c1-11(13(15)16-2)14-10-6-9-12-7-4-3-5-8-12/h6,9,11-12,14H,3-5,7-8,10H2,1-2H3/b9-6+/t11-/m0/s1. The molecular weight excluding hydrogens is 202 g/mol. The van der Waals surface area contributed by atoms with Crippen LogP contribution in [0.15, 0.2) is 12.2 Å². The fraction of sp³-hybridized carbons (Fsp3) is 0.769. The van der Waals surface area contributed by atoms with Crippen LogP contribution in [0.25, 0.3) is 0 Å². The minimum absolute atomic E-state index is 0.203. The lowest BCUT2D eigenvalue weighted by atomic mass is 9.89. The van der Waals surface area contributed by atoms with Gasteiger partial charge in [0.1, 0.15) is 6.04 Å². The van der Waals surface area contributed by atoms with E-state index in [9.17, 15) is 4.79 Å². The van der Waals surface area contributed by atoms with Crippen molar-refractivity contribution in [3.63, 3.8) is 0 Å². The average molecular weight is 225 g/mol. The second-order valence-corrected chi connectivity index (χ2v) is 4.48. The molecule has 0 bridgehead atoms. The number of allylic oxidation sites excluding steroid dienone is 1. The number of carbonyl (C=O) groups excluding carboxylic acids is 1. The van der Waals surface area contributed by atoms with Crippen LogP contribution in [0, 0.1) is 5.92 Å². The molecule has 0 aromatic rings. The summed E-state index contributed by atoms with van der Waals surface area (Å²) in [4.78, 5) is 11.1. The van der Waals surface area contributed by atoms with E-state index in [0.29, 0.717) is 0 Å². The summed E-state index contributed by atoms with van der Waals surface area (Å²) >= 11 is 0. The molecule has 0 heterocycles. The maximum absolute atomic E-state index is 11.1. The van der Waals surface area contributed by atoms with E-state index in [2.05, 4.69) is 22.2 Å². The summed E-state index contributed by atoms with van der Waals surface area (Å²) in [6.45, 7) is 2.56. The van der Waals surface area contributed by atoms with Gasteiger partial charge in [0.05, 0.1) is 7.11 Å². The van der Waals surface area contributed by atoms with Crippen molar-refractivity contribution in [3.05, 3.63) is 12.2 Å². The lowest BCUT2D eigenvalue weighted by molar-refractivity contribution is -0.142. The normalized spacial score (nSPS) is 19.9. The van der Waals surface area contributed by atoms with Gasteiger partial charge in [-0.15, -0.1) is 0 Å². The summed E-state index contributed by atoms with van der Waals surface area (Å²) in [7, 11) is 1.42. The van der Waals surface area contributed by atoms with E-state index in [1.807, 2.05) is 6.92 Å². The number of carbonyl (C=O) groups is 1. The van der Waals surface area contributed by atoms with Crippen LogP contribution < -0.4 is 5.32 Å². The highest BCUT2D eigenvalue weighted by Crippen LogP contribution is 2.24. The molecule has 16 heavy (non-hydrogen) atoms. The van der Waals surface area contributed by atoms with Gasteiger partial charge in [-0.1, -0.05) is 31.4 Å². The fourth-order valence-electron chi connectivity index (χ4n) is 2.09. The molecule has 1 saturated carbocycles. The van der Waals surface area contributed by atoms with Crippen molar-refractivity contribution in [1.29, 1.82) is 0 Å². The van der Waals surface area contributed by atoms with E-state index in [4.69, 9.17) is 0 Å². The smallest absolute Gasteiger partial charge is 0.322 e. The summed E-state index contributed by atoms with van der Waals surface area (Å²) in [5, 5.41) is 3.11. The maximum Gasteiger partial charge on any atom is 0.322 e. The Morgan fingerprint density at radius 2 is 2.12 bits per heavy atom. The number of rotatable bonds is 5. The first-order valence-electron chi connectivity index (χ1n) is 6.22. The first-order chi connectivity index (χ1) is 7.74. The van der Waals surface area contributed by atoms with E-state index in [1.54, 1.807) is 0 Å². The Hall–Kier alpha value is -0.830. The molecule has 0 unspecified atom stereocenters. The molecule has 0 aliphatic heterocycles. The van der Waals surface area contributed by atoms with Gasteiger partial charge in [-0.3, -0.25) is 4.79 Å². The van der Waals surface area contributed by atoms with Crippen molar-refractivity contribution < 1.29 is 9.53 Å². The fourth-order valence-corrected chi connectivity index (χ4v) is 2.09. The van der Waals surface area contributed by atoms with Crippen LogP contribution in [0.2, 0.25) is 0 Å². The Morgan fingerprint density at radius 1 is 1.44 bits per heavy atom. The van der Waals surface area contributed by atoms with Crippen LogP contribution in [-0.2, 0) is 9.53 Å². The average Bonchev–Trinajstić information content (AvgIpc) is 2.34. The zero-order valence-corrected chi connectivity index (χ0v) is 10.4. The SMILES string of the molecule is COC(=O)[C@H](C)NC/C=C/C1CCCCC1. The highest BCUT2D eigenvalue weighted by molar-refractivity contribution is 5.75. The molecule has 0 spiro atoms. The molecule has 1 N–H and O–H groups in total. The first kappa shape index (κ1) is 13.2. The number of nitrogens with one attached hydrogen (secondary N) is 1. The summed E-state index contributed by atoms with van der Waals surface area (Å²) < 4.78 is 4.63. The number of ether oxygens (including phenoxy) is 1. The molecule has 1 atom stereocenters. The van der Waals surface area contributed by atoms with E-state index >= 15 is 0 Å². The lowest BCUT2D eigenvalue weighted by Gasteiger charge is -2.17. The van der Waals surface area contributed by atoms with Crippen LogP contribution in [0.1, 0.15) is 39.0 Å². The van der Waals surface area contributed by atoms with Gasteiger partial charge in [0.2, 0.25) is 0 Å².